The predicted molar refractivity (Wildman–Crippen MR) is 109 cm³/mol. The molecule has 0 unspecified atom stereocenters. The van der Waals surface area contributed by atoms with Crippen molar-refractivity contribution < 1.29 is 14.3 Å². The average Bonchev–Trinajstić information content (AvgIpc) is 2.65. The van der Waals surface area contributed by atoms with Gasteiger partial charge in [0.1, 0.15) is 17.1 Å². The molecule has 0 spiro atoms. The number of hydrogen-bond acceptors (Lipinski definition) is 4. The fourth-order valence-electron chi connectivity index (χ4n) is 2.43. The fourth-order valence-corrected chi connectivity index (χ4v) is 2.80. The minimum absolute atomic E-state index is 0.0109. The number of ether oxygens (including phenoxy) is 1. The zero-order chi connectivity index (χ0) is 19.4. The van der Waals surface area contributed by atoms with E-state index < -0.39 is 11.8 Å². The zero-order valence-electron chi connectivity index (χ0n) is 14.1. The molecule has 1 N–H and O–H groups in total. The van der Waals surface area contributed by atoms with Crippen molar-refractivity contribution in [3.8, 4) is 11.5 Å². The van der Waals surface area contributed by atoms with E-state index in [1.54, 1.807) is 54.6 Å². The second-order valence-electron chi connectivity index (χ2n) is 5.65. The Labute approximate surface area is 166 Å². The van der Waals surface area contributed by atoms with E-state index in [1.165, 1.54) is 11.0 Å². The van der Waals surface area contributed by atoms with Gasteiger partial charge in [-0.1, -0.05) is 29.8 Å². The number of nitrogens with one attached hydrogen (secondary N) is 1. The lowest BCUT2D eigenvalue weighted by Crippen LogP contribution is -2.53. The third-order valence-corrected chi connectivity index (χ3v) is 4.31. The van der Waals surface area contributed by atoms with Gasteiger partial charge in [-0.2, -0.15) is 0 Å². The van der Waals surface area contributed by atoms with Crippen LogP contribution in [0.25, 0.3) is 6.08 Å². The van der Waals surface area contributed by atoms with E-state index in [1.807, 2.05) is 0 Å². The number of carbonyl (C=O) groups is 2. The summed E-state index contributed by atoms with van der Waals surface area (Å²) in [4.78, 5) is 25.9. The van der Waals surface area contributed by atoms with Crippen molar-refractivity contribution in [1.29, 1.82) is 0 Å². The van der Waals surface area contributed by atoms with Gasteiger partial charge in [0, 0.05) is 11.6 Å². The van der Waals surface area contributed by atoms with Gasteiger partial charge in [-0.15, -0.1) is 6.58 Å². The number of thiocarbonyl (C=S) groups is 1. The summed E-state index contributed by atoms with van der Waals surface area (Å²) in [6.07, 6.45) is 3.06. The molecule has 0 bridgehead atoms. The maximum atomic E-state index is 12.5. The van der Waals surface area contributed by atoms with Crippen LogP contribution in [0.4, 0.5) is 0 Å². The number of benzene rings is 2. The molecule has 2 aromatic rings. The van der Waals surface area contributed by atoms with E-state index in [0.717, 1.165) is 0 Å². The van der Waals surface area contributed by atoms with Gasteiger partial charge < -0.3 is 4.74 Å². The molecule has 27 heavy (non-hydrogen) atoms. The number of hydrogen-bond donors (Lipinski definition) is 1. The van der Waals surface area contributed by atoms with Gasteiger partial charge in [0.05, 0.1) is 0 Å². The quantitative estimate of drug-likeness (QED) is 0.358. The topological polar surface area (TPSA) is 58.6 Å². The minimum Gasteiger partial charge on any atom is -0.457 e. The molecule has 0 aromatic heterocycles. The van der Waals surface area contributed by atoms with E-state index >= 15 is 0 Å². The van der Waals surface area contributed by atoms with Crippen molar-refractivity contribution in [1.82, 2.24) is 10.2 Å². The third kappa shape index (κ3) is 4.42. The molecule has 3 rings (SSSR count). The van der Waals surface area contributed by atoms with Crippen molar-refractivity contribution in [3.63, 3.8) is 0 Å². The largest absolute Gasteiger partial charge is 0.457 e. The Morgan fingerprint density at radius 2 is 1.67 bits per heavy atom. The van der Waals surface area contributed by atoms with Crippen LogP contribution in [-0.2, 0) is 9.59 Å². The molecule has 2 aromatic carbocycles. The first kappa shape index (κ1) is 18.8. The van der Waals surface area contributed by atoms with Crippen molar-refractivity contribution in [2.75, 3.05) is 6.54 Å². The predicted octanol–water partition coefficient (Wildman–Crippen LogP) is 3.95. The first-order valence-electron chi connectivity index (χ1n) is 8.01. The van der Waals surface area contributed by atoms with Crippen molar-refractivity contribution in [2.24, 2.45) is 0 Å². The van der Waals surface area contributed by atoms with Crippen LogP contribution < -0.4 is 10.1 Å². The van der Waals surface area contributed by atoms with Crippen LogP contribution in [0.5, 0.6) is 11.5 Å². The summed E-state index contributed by atoms with van der Waals surface area (Å²) in [5.41, 5.74) is 0.695. The molecule has 2 amide bonds. The molecule has 1 aliphatic rings. The lowest BCUT2D eigenvalue weighted by Gasteiger charge is -2.27. The molecular weight excluding hydrogens is 384 g/mol. The summed E-state index contributed by atoms with van der Waals surface area (Å²) in [5, 5.41) is 3.22. The van der Waals surface area contributed by atoms with Gasteiger partial charge in [-0.05, 0) is 60.3 Å². The third-order valence-electron chi connectivity index (χ3n) is 3.74. The van der Waals surface area contributed by atoms with Crippen molar-refractivity contribution in [3.05, 3.63) is 77.3 Å². The Hall–Kier alpha value is -2.96. The summed E-state index contributed by atoms with van der Waals surface area (Å²) in [5.74, 6) is 0.297. The fraction of sp³-hybridized carbons (Fsp3) is 0.0500. The summed E-state index contributed by atoms with van der Waals surface area (Å²) in [6.45, 7) is 3.82. The highest BCUT2D eigenvalue weighted by atomic mass is 35.5. The minimum atomic E-state index is -0.521. The summed E-state index contributed by atoms with van der Waals surface area (Å²) >= 11 is 10.9. The van der Waals surface area contributed by atoms with E-state index in [2.05, 4.69) is 11.9 Å². The highest BCUT2D eigenvalue weighted by Gasteiger charge is 2.32. The van der Waals surface area contributed by atoms with Crippen LogP contribution >= 0.6 is 23.8 Å². The normalized spacial score (nSPS) is 15.7. The maximum absolute atomic E-state index is 12.5. The molecule has 7 heteroatoms. The lowest BCUT2D eigenvalue weighted by atomic mass is 10.1. The smallest absolute Gasteiger partial charge is 0.265 e. The highest BCUT2D eigenvalue weighted by molar-refractivity contribution is 7.80. The maximum Gasteiger partial charge on any atom is 0.265 e. The summed E-state index contributed by atoms with van der Waals surface area (Å²) in [6, 6.07) is 14.0. The van der Waals surface area contributed by atoms with Gasteiger partial charge in [0.2, 0.25) is 0 Å². The Kier molecular flexibility index (Phi) is 5.69. The van der Waals surface area contributed by atoms with E-state index in [9.17, 15) is 9.59 Å². The van der Waals surface area contributed by atoms with Gasteiger partial charge in [-0.3, -0.25) is 19.8 Å². The first-order valence-corrected chi connectivity index (χ1v) is 8.80. The molecule has 0 saturated carbocycles. The molecule has 1 heterocycles. The Morgan fingerprint density at radius 1 is 1.07 bits per heavy atom. The molecule has 0 radical (unpaired) electrons. The lowest BCUT2D eigenvalue weighted by molar-refractivity contribution is -0.128. The average molecular weight is 399 g/mol. The van der Waals surface area contributed by atoms with Crippen LogP contribution in [0.3, 0.4) is 0 Å². The van der Waals surface area contributed by atoms with Crippen molar-refractivity contribution >= 4 is 46.8 Å². The van der Waals surface area contributed by atoms with Crippen LogP contribution in [-0.4, -0.2) is 28.4 Å². The molecule has 1 aliphatic heterocycles. The van der Waals surface area contributed by atoms with E-state index in [-0.39, 0.29) is 17.2 Å². The number of halogens is 1. The highest BCUT2D eigenvalue weighted by Crippen LogP contribution is 2.24. The number of amides is 2. The van der Waals surface area contributed by atoms with Gasteiger partial charge >= 0.3 is 0 Å². The zero-order valence-corrected chi connectivity index (χ0v) is 15.7. The Balaban J connectivity index is 1.78. The summed E-state index contributed by atoms with van der Waals surface area (Å²) < 4.78 is 5.72. The second-order valence-corrected chi connectivity index (χ2v) is 6.47. The monoisotopic (exact) mass is 398 g/mol. The Bertz CT molecular complexity index is 937. The van der Waals surface area contributed by atoms with E-state index in [4.69, 9.17) is 28.6 Å². The molecule has 1 saturated heterocycles. The SMILES string of the molecule is C=CCN1C(=O)/C(=C/c2ccc(Oc3ccc(Cl)cc3)cc2)C(=O)NC1=S. The molecule has 0 atom stereocenters. The van der Waals surface area contributed by atoms with Crippen LogP contribution in [0.2, 0.25) is 5.02 Å². The summed E-state index contributed by atoms with van der Waals surface area (Å²) in [7, 11) is 0. The standard InChI is InChI=1S/C20H15ClN2O3S/c1-2-11-23-19(25)17(18(24)22-20(23)27)12-13-3-7-15(8-4-13)26-16-9-5-14(21)6-10-16/h2-10,12H,1,11H2,(H,22,24,27)/b17-12+. The second kappa shape index (κ2) is 8.16. The molecule has 136 valence electrons. The number of nitrogens with zero attached hydrogens (tertiary/aromatic N) is 1. The van der Waals surface area contributed by atoms with E-state index in [0.29, 0.717) is 22.1 Å². The number of carbonyl (C=O) groups excluding carboxylic acids is 2. The molecule has 0 aliphatic carbocycles. The van der Waals surface area contributed by atoms with Gasteiger partial charge in [0.25, 0.3) is 11.8 Å². The Morgan fingerprint density at radius 3 is 2.26 bits per heavy atom. The molecular formula is C20H15ClN2O3S. The molecule has 1 fully saturated rings. The van der Waals surface area contributed by atoms with Crippen LogP contribution in [0.1, 0.15) is 5.56 Å². The molecule has 5 nitrogen and oxygen atoms in total. The van der Waals surface area contributed by atoms with Crippen LogP contribution in [0.15, 0.2) is 66.8 Å². The van der Waals surface area contributed by atoms with Crippen molar-refractivity contribution in [2.45, 2.75) is 0 Å². The number of rotatable bonds is 5. The van der Waals surface area contributed by atoms with Gasteiger partial charge in [0.15, 0.2) is 5.11 Å². The van der Waals surface area contributed by atoms with Crippen LogP contribution in [0, 0.1) is 0 Å². The van der Waals surface area contributed by atoms with Gasteiger partial charge in [-0.25, -0.2) is 0 Å². The first-order chi connectivity index (χ1) is 13.0.